The maximum absolute atomic E-state index is 14.2. The van der Waals surface area contributed by atoms with E-state index in [0.717, 1.165) is 12.2 Å². The Morgan fingerprint density at radius 2 is 1.77 bits per heavy atom. The van der Waals surface area contributed by atoms with Gasteiger partial charge < -0.3 is 19.7 Å². The largest absolute Gasteiger partial charge is 0.497 e. The van der Waals surface area contributed by atoms with Crippen LogP contribution in [-0.4, -0.2) is 43.0 Å². The molecule has 0 bridgehead atoms. The zero-order chi connectivity index (χ0) is 22.6. The van der Waals surface area contributed by atoms with Crippen molar-refractivity contribution >= 4 is 11.8 Å². The Bertz CT molecular complexity index is 842. The Balaban J connectivity index is 1.97. The van der Waals surface area contributed by atoms with Crippen LogP contribution >= 0.6 is 0 Å². The van der Waals surface area contributed by atoms with E-state index in [9.17, 15) is 14.0 Å². The molecular formula is C24H31FN2O4. The van der Waals surface area contributed by atoms with E-state index >= 15 is 0 Å². The lowest BCUT2D eigenvalue weighted by molar-refractivity contribution is -0.140. The van der Waals surface area contributed by atoms with E-state index in [2.05, 4.69) is 5.32 Å². The number of nitrogens with one attached hydrogen (secondary N) is 1. The number of ether oxygens (including phenoxy) is 2. The van der Waals surface area contributed by atoms with Crippen LogP contribution in [0, 0.1) is 5.82 Å². The third-order valence-corrected chi connectivity index (χ3v) is 4.88. The fraction of sp³-hybridized carbons (Fsp3) is 0.417. The monoisotopic (exact) mass is 430 g/mol. The van der Waals surface area contributed by atoms with Crippen LogP contribution in [0.5, 0.6) is 11.5 Å². The quantitative estimate of drug-likeness (QED) is 0.518. The van der Waals surface area contributed by atoms with Crippen LogP contribution < -0.4 is 14.8 Å². The summed E-state index contributed by atoms with van der Waals surface area (Å²) in [5, 5.41) is 2.80. The first-order valence-electron chi connectivity index (χ1n) is 10.5. The summed E-state index contributed by atoms with van der Waals surface area (Å²) in [6.45, 7) is 4.53. The molecule has 6 nitrogen and oxygen atoms in total. The second-order valence-corrected chi connectivity index (χ2v) is 7.21. The fourth-order valence-corrected chi connectivity index (χ4v) is 3.02. The number of amides is 2. The van der Waals surface area contributed by atoms with E-state index < -0.39 is 11.9 Å². The predicted molar refractivity (Wildman–Crippen MR) is 117 cm³/mol. The molecule has 0 heterocycles. The van der Waals surface area contributed by atoms with E-state index in [-0.39, 0.29) is 24.8 Å². The van der Waals surface area contributed by atoms with Gasteiger partial charge in [0.15, 0.2) is 0 Å². The SMILES string of the molecule is CCCNC(=O)C(C)N(Cc1ccccc1F)C(=O)CCCOc1ccc(OC)cc1. The van der Waals surface area contributed by atoms with E-state index in [1.165, 1.54) is 11.0 Å². The van der Waals surface area contributed by atoms with Gasteiger partial charge >= 0.3 is 0 Å². The number of hydrogen-bond acceptors (Lipinski definition) is 4. The van der Waals surface area contributed by atoms with Gasteiger partial charge in [-0.05, 0) is 50.1 Å². The van der Waals surface area contributed by atoms with Crippen molar-refractivity contribution in [3.8, 4) is 11.5 Å². The summed E-state index contributed by atoms with van der Waals surface area (Å²) in [5.74, 6) is 0.552. The molecule has 2 aromatic carbocycles. The normalized spacial score (nSPS) is 11.5. The summed E-state index contributed by atoms with van der Waals surface area (Å²) in [5.41, 5.74) is 0.375. The molecule has 0 spiro atoms. The summed E-state index contributed by atoms with van der Waals surface area (Å²) in [6, 6.07) is 12.8. The van der Waals surface area contributed by atoms with Crippen molar-refractivity contribution in [3.05, 3.63) is 59.9 Å². The Morgan fingerprint density at radius 3 is 2.42 bits per heavy atom. The van der Waals surface area contributed by atoms with Crippen molar-refractivity contribution in [2.24, 2.45) is 0 Å². The Labute approximate surface area is 183 Å². The molecule has 0 saturated heterocycles. The molecule has 0 aliphatic heterocycles. The van der Waals surface area contributed by atoms with Crippen LogP contribution in [0.25, 0.3) is 0 Å². The average molecular weight is 431 g/mol. The lowest BCUT2D eigenvalue weighted by Crippen LogP contribution is -2.47. The van der Waals surface area contributed by atoms with Crippen LogP contribution in [0.3, 0.4) is 0 Å². The second-order valence-electron chi connectivity index (χ2n) is 7.21. The van der Waals surface area contributed by atoms with E-state index in [1.54, 1.807) is 56.5 Å². The van der Waals surface area contributed by atoms with Gasteiger partial charge in [0.1, 0.15) is 23.4 Å². The standard InChI is InChI=1S/C24H31FN2O4/c1-4-15-26-24(29)18(2)27(17-19-8-5-6-9-22(19)25)23(28)10-7-16-31-21-13-11-20(30-3)12-14-21/h5-6,8-9,11-14,18H,4,7,10,15-17H2,1-3H3,(H,26,29). The maximum atomic E-state index is 14.2. The molecular weight excluding hydrogens is 399 g/mol. The molecule has 0 aliphatic rings. The summed E-state index contributed by atoms with van der Waals surface area (Å²) >= 11 is 0. The lowest BCUT2D eigenvalue weighted by Gasteiger charge is -2.29. The third kappa shape index (κ3) is 7.59. The average Bonchev–Trinajstić information content (AvgIpc) is 2.79. The third-order valence-electron chi connectivity index (χ3n) is 4.88. The highest BCUT2D eigenvalue weighted by Gasteiger charge is 2.26. The number of benzene rings is 2. The molecule has 168 valence electrons. The summed E-state index contributed by atoms with van der Waals surface area (Å²) in [6.07, 6.45) is 1.46. The minimum atomic E-state index is -0.707. The number of carbonyl (C=O) groups is 2. The molecule has 0 aliphatic carbocycles. The van der Waals surface area contributed by atoms with Crippen LogP contribution in [-0.2, 0) is 16.1 Å². The van der Waals surface area contributed by atoms with Crippen molar-refractivity contribution in [1.29, 1.82) is 0 Å². The molecule has 1 atom stereocenters. The molecule has 0 radical (unpaired) electrons. The van der Waals surface area contributed by atoms with Gasteiger partial charge in [0.2, 0.25) is 11.8 Å². The van der Waals surface area contributed by atoms with Crippen molar-refractivity contribution in [2.75, 3.05) is 20.3 Å². The predicted octanol–water partition coefficient (Wildman–Crippen LogP) is 3.94. The van der Waals surface area contributed by atoms with Gasteiger partial charge in [0, 0.05) is 25.1 Å². The lowest BCUT2D eigenvalue weighted by atomic mass is 10.1. The van der Waals surface area contributed by atoms with Gasteiger partial charge in [-0.1, -0.05) is 25.1 Å². The summed E-state index contributed by atoms with van der Waals surface area (Å²) in [4.78, 5) is 26.8. The molecule has 1 N–H and O–H groups in total. The number of halogens is 1. The van der Waals surface area contributed by atoms with Crippen molar-refractivity contribution < 1.29 is 23.5 Å². The van der Waals surface area contributed by atoms with Gasteiger partial charge in [-0.15, -0.1) is 0 Å². The number of hydrogen-bond donors (Lipinski definition) is 1. The Hall–Kier alpha value is -3.09. The van der Waals surface area contributed by atoms with Gasteiger partial charge in [-0.25, -0.2) is 4.39 Å². The molecule has 2 aromatic rings. The minimum Gasteiger partial charge on any atom is -0.497 e. The number of rotatable bonds is 12. The maximum Gasteiger partial charge on any atom is 0.242 e. The van der Waals surface area contributed by atoms with E-state index in [4.69, 9.17) is 9.47 Å². The molecule has 0 fully saturated rings. The zero-order valence-electron chi connectivity index (χ0n) is 18.4. The number of nitrogens with zero attached hydrogens (tertiary/aromatic N) is 1. The summed E-state index contributed by atoms with van der Waals surface area (Å²) < 4.78 is 24.9. The van der Waals surface area contributed by atoms with Crippen LogP contribution in [0.2, 0.25) is 0 Å². The zero-order valence-corrected chi connectivity index (χ0v) is 18.4. The molecule has 7 heteroatoms. The van der Waals surface area contributed by atoms with Gasteiger partial charge in [0.05, 0.1) is 13.7 Å². The second kappa shape index (κ2) is 12.6. The minimum absolute atomic E-state index is 0.0333. The fourth-order valence-electron chi connectivity index (χ4n) is 3.02. The van der Waals surface area contributed by atoms with E-state index in [0.29, 0.717) is 30.9 Å². The van der Waals surface area contributed by atoms with Gasteiger partial charge in [-0.3, -0.25) is 9.59 Å². The van der Waals surface area contributed by atoms with E-state index in [1.807, 2.05) is 6.92 Å². The molecule has 2 rings (SSSR count). The first-order valence-corrected chi connectivity index (χ1v) is 10.5. The Kier molecular flexibility index (Phi) is 9.81. The number of methoxy groups -OCH3 is 1. The van der Waals surface area contributed by atoms with Crippen LogP contribution in [0.15, 0.2) is 48.5 Å². The van der Waals surface area contributed by atoms with Crippen molar-refractivity contribution in [3.63, 3.8) is 0 Å². The Morgan fingerprint density at radius 1 is 1.10 bits per heavy atom. The highest BCUT2D eigenvalue weighted by Crippen LogP contribution is 2.18. The van der Waals surface area contributed by atoms with Gasteiger partial charge in [-0.2, -0.15) is 0 Å². The van der Waals surface area contributed by atoms with Crippen molar-refractivity contribution in [2.45, 2.75) is 45.7 Å². The number of carbonyl (C=O) groups excluding carboxylic acids is 2. The highest BCUT2D eigenvalue weighted by atomic mass is 19.1. The highest BCUT2D eigenvalue weighted by molar-refractivity contribution is 5.87. The molecule has 0 aromatic heterocycles. The van der Waals surface area contributed by atoms with Gasteiger partial charge in [0.25, 0.3) is 0 Å². The smallest absolute Gasteiger partial charge is 0.242 e. The molecule has 0 saturated carbocycles. The molecule has 2 amide bonds. The summed E-state index contributed by atoms with van der Waals surface area (Å²) in [7, 11) is 1.60. The first kappa shape index (κ1) is 24.2. The van der Waals surface area contributed by atoms with Crippen molar-refractivity contribution in [1.82, 2.24) is 10.2 Å². The van der Waals surface area contributed by atoms with Crippen LogP contribution in [0.1, 0.15) is 38.7 Å². The van der Waals surface area contributed by atoms with Crippen LogP contribution in [0.4, 0.5) is 4.39 Å². The molecule has 1 unspecified atom stereocenters. The topological polar surface area (TPSA) is 67.9 Å². The first-order chi connectivity index (χ1) is 15.0. The molecule has 31 heavy (non-hydrogen) atoms.